The molecule has 3 heterocycles. The minimum absolute atomic E-state index is 0.180. The summed E-state index contributed by atoms with van der Waals surface area (Å²) in [5.41, 5.74) is 0.846. The second kappa shape index (κ2) is 8.71. The van der Waals surface area contributed by atoms with Gasteiger partial charge in [-0.1, -0.05) is 0 Å². The number of aromatic nitrogens is 2. The molecule has 2 bridgehead atoms. The maximum atomic E-state index is 12.6. The SMILES string of the molecule is CC(C)Nc1nc(Cl)nc(N2CC3CCC(C2)O3)c1CC(=O)CCN(C)C. The lowest BCUT2D eigenvalue weighted by Crippen LogP contribution is -2.43. The number of nitrogens with zero attached hydrogens (tertiary/aromatic N) is 4. The van der Waals surface area contributed by atoms with E-state index in [1.165, 1.54) is 0 Å². The number of ether oxygens (including phenoxy) is 1. The first kappa shape index (κ1) is 20.3. The van der Waals surface area contributed by atoms with Gasteiger partial charge in [0.1, 0.15) is 17.4 Å². The van der Waals surface area contributed by atoms with Crippen molar-refractivity contribution in [3.8, 4) is 0 Å². The van der Waals surface area contributed by atoms with Crippen molar-refractivity contribution in [3.63, 3.8) is 0 Å². The summed E-state index contributed by atoms with van der Waals surface area (Å²) in [6.45, 7) is 6.38. The molecule has 27 heavy (non-hydrogen) atoms. The summed E-state index contributed by atoms with van der Waals surface area (Å²) in [4.78, 5) is 25.8. The number of hydrogen-bond acceptors (Lipinski definition) is 7. The highest BCUT2D eigenvalue weighted by molar-refractivity contribution is 6.28. The normalized spacial score (nSPS) is 22.0. The second-order valence-electron chi connectivity index (χ2n) is 8.07. The van der Waals surface area contributed by atoms with Gasteiger partial charge in [-0.15, -0.1) is 0 Å². The molecule has 7 nitrogen and oxygen atoms in total. The zero-order chi connectivity index (χ0) is 19.6. The van der Waals surface area contributed by atoms with Crippen LogP contribution in [0.15, 0.2) is 0 Å². The van der Waals surface area contributed by atoms with Crippen LogP contribution < -0.4 is 10.2 Å². The van der Waals surface area contributed by atoms with Crippen LogP contribution in [0.4, 0.5) is 11.6 Å². The molecule has 0 spiro atoms. The zero-order valence-electron chi connectivity index (χ0n) is 16.7. The average molecular weight is 396 g/mol. The van der Waals surface area contributed by atoms with E-state index in [4.69, 9.17) is 16.3 Å². The van der Waals surface area contributed by atoms with Gasteiger partial charge in [-0.05, 0) is 52.4 Å². The average Bonchev–Trinajstić information content (AvgIpc) is 2.92. The van der Waals surface area contributed by atoms with Crippen molar-refractivity contribution in [2.75, 3.05) is 43.9 Å². The molecule has 2 unspecified atom stereocenters. The third kappa shape index (κ3) is 5.30. The number of nitrogens with one attached hydrogen (secondary N) is 1. The van der Waals surface area contributed by atoms with Crippen LogP contribution in [-0.4, -0.2) is 72.6 Å². The molecule has 2 atom stereocenters. The van der Waals surface area contributed by atoms with Gasteiger partial charge in [0.25, 0.3) is 0 Å². The fourth-order valence-electron chi connectivity index (χ4n) is 3.68. The van der Waals surface area contributed by atoms with Gasteiger partial charge >= 0.3 is 0 Å². The molecule has 1 aromatic rings. The van der Waals surface area contributed by atoms with E-state index < -0.39 is 0 Å². The minimum atomic E-state index is 0.180. The third-order valence-corrected chi connectivity index (χ3v) is 5.11. The van der Waals surface area contributed by atoms with E-state index in [2.05, 4.69) is 20.2 Å². The number of rotatable bonds is 8. The van der Waals surface area contributed by atoms with Crippen LogP contribution in [0.2, 0.25) is 5.28 Å². The van der Waals surface area contributed by atoms with E-state index in [0.29, 0.717) is 18.7 Å². The number of anilines is 2. The van der Waals surface area contributed by atoms with Crippen LogP contribution in [0.5, 0.6) is 0 Å². The lowest BCUT2D eigenvalue weighted by molar-refractivity contribution is -0.118. The highest BCUT2D eigenvalue weighted by atomic mass is 35.5. The Morgan fingerprint density at radius 2 is 1.96 bits per heavy atom. The van der Waals surface area contributed by atoms with Crippen molar-refractivity contribution >= 4 is 29.0 Å². The molecule has 2 aliphatic rings. The lowest BCUT2D eigenvalue weighted by Gasteiger charge is -2.34. The number of halogens is 1. The standard InChI is InChI=1S/C19H30ClN5O2/c1-12(2)21-17-16(9-13(26)7-8-24(3)4)18(23-19(20)22-17)25-10-14-5-6-15(11-25)27-14/h12,14-15H,5-11H2,1-4H3,(H,21,22,23). The highest BCUT2D eigenvalue weighted by Crippen LogP contribution is 2.33. The van der Waals surface area contributed by atoms with Crippen LogP contribution in [-0.2, 0) is 16.0 Å². The summed E-state index contributed by atoms with van der Waals surface area (Å²) in [6, 6.07) is 0.181. The zero-order valence-corrected chi connectivity index (χ0v) is 17.4. The molecule has 0 saturated carbocycles. The third-order valence-electron chi connectivity index (χ3n) is 4.94. The Kier molecular flexibility index (Phi) is 6.55. The van der Waals surface area contributed by atoms with Crippen molar-refractivity contribution in [2.45, 2.75) is 57.8 Å². The second-order valence-corrected chi connectivity index (χ2v) is 8.41. The molecule has 0 aliphatic carbocycles. The number of morpholine rings is 1. The maximum absolute atomic E-state index is 12.6. The number of fused-ring (bicyclic) bond motifs is 2. The van der Waals surface area contributed by atoms with Gasteiger partial charge in [0.15, 0.2) is 0 Å². The molecular weight excluding hydrogens is 366 g/mol. The first-order valence-corrected chi connectivity index (χ1v) is 10.1. The monoisotopic (exact) mass is 395 g/mol. The van der Waals surface area contributed by atoms with Gasteiger partial charge in [-0.2, -0.15) is 0 Å². The highest BCUT2D eigenvalue weighted by Gasteiger charge is 2.36. The molecule has 2 aliphatic heterocycles. The van der Waals surface area contributed by atoms with Crippen LogP contribution in [0.3, 0.4) is 0 Å². The summed E-state index contributed by atoms with van der Waals surface area (Å²) in [6.07, 6.45) is 3.43. The quantitative estimate of drug-likeness (QED) is 0.677. The lowest BCUT2D eigenvalue weighted by atomic mass is 10.1. The van der Waals surface area contributed by atoms with E-state index in [-0.39, 0.29) is 29.3 Å². The predicted molar refractivity (Wildman–Crippen MR) is 108 cm³/mol. The Morgan fingerprint density at radius 1 is 1.30 bits per heavy atom. The van der Waals surface area contributed by atoms with Crippen LogP contribution in [0.1, 0.15) is 38.7 Å². The Morgan fingerprint density at radius 3 is 2.56 bits per heavy atom. The van der Waals surface area contributed by atoms with Gasteiger partial charge in [0, 0.05) is 44.1 Å². The number of Topliss-reactive ketones (excluding diaryl/α,β-unsaturated/α-hetero) is 1. The molecule has 1 aromatic heterocycles. The number of carbonyl (C=O) groups is 1. The molecule has 0 aromatic carbocycles. The topological polar surface area (TPSA) is 70.6 Å². The smallest absolute Gasteiger partial charge is 0.226 e. The van der Waals surface area contributed by atoms with Crippen molar-refractivity contribution in [3.05, 3.63) is 10.8 Å². The van der Waals surface area contributed by atoms with Crippen molar-refractivity contribution in [1.82, 2.24) is 14.9 Å². The molecule has 3 rings (SSSR count). The summed E-state index contributed by atoms with van der Waals surface area (Å²) in [5.74, 6) is 1.62. The molecule has 8 heteroatoms. The minimum Gasteiger partial charge on any atom is -0.371 e. The van der Waals surface area contributed by atoms with Crippen molar-refractivity contribution in [1.29, 1.82) is 0 Å². The fraction of sp³-hybridized carbons (Fsp3) is 0.737. The van der Waals surface area contributed by atoms with E-state index in [0.717, 1.165) is 43.9 Å². The molecule has 0 amide bonds. The maximum Gasteiger partial charge on any atom is 0.226 e. The number of hydrogen-bond donors (Lipinski definition) is 1. The van der Waals surface area contributed by atoms with E-state index >= 15 is 0 Å². The van der Waals surface area contributed by atoms with Crippen LogP contribution in [0.25, 0.3) is 0 Å². The molecule has 2 saturated heterocycles. The van der Waals surface area contributed by atoms with Crippen LogP contribution in [0, 0.1) is 0 Å². The molecular formula is C19H30ClN5O2. The number of ketones is 1. The molecule has 150 valence electrons. The Hall–Kier alpha value is -1.44. The number of carbonyl (C=O) groups excluding carboxylic acids is 1. The summed E-state index contributed by atoms with van der Waals surface area (Å²) >= 11 is 6.24. The van der Waals surface area contributed by atoms with Crippen molar-refractivity contribution < 1.29 is 9.53 Å². The van der Waals surface area contributed by atoms with E-state index in [1.807, 2.05) is 32.8 Å². The van der Waals surface area contributed by atoms with Gasteiger partial charge in [0.05, 0.1) is 12.2 Å². The fourth-order valence-corrected chi connectivity index (χ4v) is 3.85. The Bertz CT molecular complexity index is 670. The largest absolute Gasteiger partial charge is 0.371 e. The summed E-state index contributed by atoms with van der Waals surface area (Å²) in [5, 5.41) is 3.55. The first-order valence-electron chi connectivity index (χ1n) is 9.71. The summed E-state index contributed by atoms with van der Waals surface area (Å²) in [7, 11) is 3.94. The van der Waals surface area contributed by atoms with Gasteiger partial charge in [-0.25, -0.2) is 9.97 Å². The van der Waals surface area contributed by atoms with E-state index in [9.17, 15) is 4.79 Å². The summed E-state index contributed by atoms with van der Waals surface area (Å²) < 4.78 is 5.95. The Balaban J connectivity index is 1.90. The van der Waals surface area contributed by atoms with Gasteiger partial charge in [0.2, 0.25) is 5.28 Å². The molecule has 0 radical (unpaired) electrons. The first-order chi connectivity index (χ1) is 12.8. The predicted octanol–water partition coefficient (Wildman–Crippen LogP) is 2.38. The Labute approximate surface area is 166 Å². The molecule has 2 fully saturated rings. The van der Waals surface area contributed by atoms with E-state index in [1.54, 1.807) is 0 Å². The van der Waals surface area contributed by atoms with Crippen molar-refractivity contribution in [2.24, 2.45) is 0 Å². The molecule has 1 N–H and O–H groups in total. The van der Waals surface area contributed by atoms with Crippen LogP contribution >= 0.6 is 11.6 Å². The van der Waals surface area contributed by atoms with Gasteiger partial charge < -0.3 is 19.9 Å². The van der Waals surface area contributed by atoms with Gasteiger partial charge in [-0.3, -0.25) is 4.79 Å².